The average molecular weight is 458 g/mol. The molecule has 1 N–H and O–H groups in total. The van der Waals surface area contributed by atoms with Crippen LogP contribution < -0.4 is 10.1 Å². The van der Waals surface area contributed by atoms with Crippen molar-refractivity contribution in [2.24, 2.45) is 0 Å². The third kappa shape index (κ3) is 5.03. The number of ether oxygens (including phenoxy) is 1. The Labute approximate surface area is 197 Å². The van der Waals surface area contributed by atoms with Crippen LogP contribution in [0.5, 0.6) is 11.6 Å². The highest BCUT2D eigenvalue weighted by Gasteiger charge is 2.18. The van der Waals surface area contributed by atoms with Gasteiger partial charge in [-0.15, -0.1) is 11.3 Å². The zero-order valence-corrected chi connectivity index (χ0v) is 19.2. The lowest BCUT2D eigenvalue weighted by atomic mass is 9.89. The lowest BCUT2D eigenvalue weighted by molar-refractivity contribution is 0.465. The van der Waals surface area contributed by atoms with E-state index in [0.717, 1.165) is 57.8 Å². The first-order valence-corrected chi connectivity index (χ1v) is 12.0. The highest BCUT2D eigenvalue weighted by Crippen LogP contribution is 2.29. The second kappa shape index (κ2) is 9.59. The van der Waals surface area contributed by atoms with E-state index < -0.39 is 0 Å². The number of thiophene rings is 1. The van der Waals surface area contributed by atoms with Crippen LogP contribution in [-0.4, -0.2) is 21.0 Å². The summed E-state index contributed by atoms with van der Waals surface area (Å²) >= 11 is 7.16. The number of hydrogen-bond acceptors (Lipinski definition) is 5. The van der Waals surface area contributed by atoms with Crippen LogP contribution in [0.1, 0.15) is 36.8 Å². The molecule has 0 spiro atoms. The number of benzene rings is 1. The quantitative estimate of drug-likeness (QED) is 0.335. The fourth-order valence-corrected chi connectivity index (χ4v) is 5.00. The van der Waals surface area contributed by atoms with Crippen LogP contribution >= 0.6 is 23.6 Å². The first kappa shape index (κ1) is 20.8. The monoisotopic (exact) mass is 457 g/mol. The molecule has 0 radical (unpaired) electrons. The van der Waals surface area contributed by atoms with Gasteiger partial charge in [0.2, 0.25) is 5.88 Å². The van der Waals surface area contributed by atoms with E-state index in [4.69, 9.17) is 17.0 Å². The Morgan fingerprint density at radius 3 is 2.84 bits per heavy atom. The highest BCUT2D eigenvalue weighted by atomic mass is 32.1. The van der Waals surface area contributed by atoms with Crippen LogP contribution in [0.3, 0.4) is 0 Å². The zero-order valence-electron chi connectivity index (χ0n) is 17.5. The molecule has 1 aromatic carbocycles. The van der Waals surface area contributed by atoms with Crippen molar-refractivity contribution in [1.82, 2.24) is 15.3 Å². The number of allylic oxidation sites excluding steroid dienone is 1. The van der Waals surface area contributed by atoms with Crippen molar-refractivity contribution in [1.29, 1.82) is 0 Å². The van der Waals surface area contributed by atoms with Crippen LogP contribution in [0.2, 0.25) is 0 Å². The normalized spacial score (nSPS) is 16.0. The molecule has 3 aromatic heterocycles. The molecule has 0 amide bonds. The van der Waals surface area contributed by atoms with Crippen molar-refractivity contribution in [2.75, 3.05) is 0 Å². The number of thiocarbonyl (C=S) groups is 1. The topological polar surface area (TPSA) is 47.0 Å². The molecular formula is C26H23N3OS2. The maximum Gasteiger partial charge on any atom is 0.220 e. The average Bonchev–Trinajstić information content (AvgIpc) is 3.29. The zero-order chi connectivity index (χ0) is 21.8. The Hall–Kier alpha value is -3.09. The van der Waals surface area contributed by atoms with Gasteiger partial charge in [-0.05, 0) is 73.0 Å². The first-order chi connectivity index (χ1) is 15.7. The second-order valence-corrected chi connectivity index (χ2v) is 9.23. The van der Waals surface area contributed by atoms with Gasteiger partial charge in [-0.2, -0.15) is 0 Å². The van der Waals surface area contributed by atoms with E-state index in [1.165, 1.54) is 5.57 Å². The Morgan fingerprint density at radius 1 is 1.09 bits per heavy atom. The summed E-state index contributed by atoms with van der Waals surface area (Å²) in [4.78, 5) is 10.5. The van der Waals surface area contributed by atoms with Crippen LogP contribution in [0.15, 0.2) is 77.9 Å². The highest BCUT2D eigenvalue weighted by molar-refractivity contribution is 7.80. The second-order valence-electron chi connectivity index (χ2n) is 7.93. The molecule has 5 rings (SSSR count). The van der Waals surface area contributed by atoms with E-state index in [9.17, 15) is 0 Å². The Kier molecular flexibility index (Phi) is 6.23. The predicted octanol–water partition coefficient (Wildman–Crippen LogP) is 6.77. The molecule has 1 aliphatic carbocycles. The minimum atomic E-state index is 0.410. The van der Waals surface area contributed by atoms with Gasteiger partial charge in [-0.1, -0.05) is 36.0 Å². The summed E-state index contributed by atoms with van der Waals surface area (Å²) in [6, 6.07) is 18.6. The Morgan fingerprint density at radius 2 is 2.00 bits per heavy atom. The van der Waals surface area contributed by atoms with Gasteiger partial charge in [0, 0.05) is 35.5 Å². The van der Waals surface area contributed by atoms with E-state index in [-0.39, 0.29) is 0 Å². The lowest BCUT2D eigenvalue weighted by Gasteiger charge is -2.26. The number of fused-ring (bicyclic) bond motifs is 1. The summed E-state index contributed by atoms with van der Waals surface area (Å²) in [6.45, 7) is 0. The number of aromatic nitrogens is 2. The first-order valence-electron chi connectivity index (χ1n) is 10.8. The molecule has 0 bridgehead atoms. The number of pyridine rings is 2. The van der Waals surface area contributed by atoms with Gasteiger partial charge in [0.15, 0.2) is 0 Å². The van der Waals surface area contributed by atoms with Crippen molar-refractivity contribution in [3.63, 3.8) is 0 Å². The fourth-order valence-electron chi connectivity index (χ4n) is 3.95. The molecule has 3 heterocycles. The van der Waals surface area contributed by atoms with E-state index in [1.807, 2.05) is 48.0 Å². The number of hydrogen-bond donors (Lipinski definition) is 1. The largest absolute Gasteiger partial charge is 0.439 e. The van der Waals surface area contributed by atoms with Crippen molar-refractivity contribution >= 4 is 44.8 Å². The minimum Gasteiger partial charge on any atom is -0.439 e. The van der Waals surface area contributed by atoms with Gasteiger partial charge in [0.25, 0.3) is 0 Å². The Bertz CT molecular complexity index is 1260. The minimum absolute atomic E-state index is 0.410. The fraction of sp³-hybridized carbons (Fsp3) is 0.192. The SMILES string of the molecule is S=C(NC1CCC(=Cc2cccc(Oc3ccc4ccsc4n3)c2)CC1)c1cccnc1. The van der Waals surface area contributed by atoms with E-state index >= 15 is 0 Å². The van der Waals surface area contributed by atoms with Gasteiger partial charge in [-0.3, -0.25) is 4.98 Å². The molecule has 160 valence electrons. The summed E-state index contributed by atoms with van der Waals surface area (Å²) in [5, 5.41) is 6.70. The number of rotatable bonds is 5. The summed E-state index contributed by atoms with van der Waals surface area (Å²) in [5.41, 5.74) is 3.60. The van der Waals surface area contributed by atoms with Crippen LogP contribution in [0.4, 0.5) is 0 Å². The van der Waals surface area contributed by atoms with Gasteiger partial charge in [0.1, 0.15) is 15.6 Å². The number of nitrogens with one attached hydrogen (secondary N) is 1. The molecular weight excluding hydrogens is 434 g/mol. The molecule has 6 heteroatoms. The van der Waals surface area contributed by atoms with Gasteiger partial charge in [0.05, 0.1) is 0 Å². The molecule has 4 aromatic rings. The number of nitrogens with zero attached hydrogens (tertiary/aromatic N) is 2. The maximum atomic E-state index is 6.03. The van der Waals surface area contributed by atoms with E-state index in [2.05, 4.69) is 39.6 Å². The summed E-state index contributed by atoms with van der Waals surface area (Å²) in [5.74, 6) is 1.43. The van der Waals surface area contributed by atoms with E-state index in [1.54, 1.807) is 17.5 Å². The molecule has 0 unspecified atom stereocenters. The predicted molar refractivity (Wildman–Crippen MR) is 135 cm³/mol. The third-order valence-corrected chi connectivity index (χ3v) is 6.81. The van der Waals surface area contributed by atoms with Gasteiger partial charge >= 0.3 is 0 Å². The van der Waals surface area contributed by atoms with Crippen molar-refractivity contribution in [3.05, 3.63) is 89.1 Å². The molecule has 1 saturated carbocycles. The van der Waals surface area contributed by atoms with Crippen LogP contribution in [-0.2, 0) is 0 Å². The van der Waals surface area contributed by atoms with Crippen molar-refractivity contribution < 1.29 is 4.74 Å². The molecule has 1 fully saturated rings. The smallest absolute Gasteiger partial charge is 0.220 e. The van der Waals surface area contributed by atoms with Gasteiger partial charge < -0.3 is 10.1 Å². The maximum absolute atomic E-state index is 6.03. The molecule has 0 atom stereocenters. The molecule has 1 aliphatic rings. The summed E-state index contributed by atoms with van der Waals surface area (Å²) < 4.78 is 6.03. The van der Waals surface area contributed by atoms with Crippen molar-refractivity contribution in [2.45, 2.75) is 31.7 Å². The third-order valence-electron chi connectivity index (χ3n) is 5.63. The Balaban J connectivity index is 1.20. The van der Waals surface area contributed by atoms with Crippen LogP contribution in [0.25, 0.3) is 16.3 Å². The molecule has 0 saturated heterocycles. The summed E-state index contributed by atoms with van der Waals surface area (Å²) in [6.07, 6.45) is 10.2. The van der Waals surface area contributed by atoms with E-state index in [0.29, 0.717) is 11.9 Å². The molecule has 4 nitrogen and oxygen atoms in total. The standard InChI is InChI=1S/C26H23N3OS2/c31-25(21-4-2-13-27-17-21)28-22-9-6-18(7-10-22)15-19-3-1-5-23(16-19)30-24-11-8-20-12-14-32-26(20)29-24/h1-5,8,11-17,22H,6-7,9-10H2,(H,28,31). The van der Waals surface area contributed by atoms with Gasteiger partial charge in [-0.25, -0.2) is 4.98 Å². The molecule has 32 heavy (non-hydrogen) atoms. The molecule has 0 aliphatic heterocycles. The summed E-state index contributed by atoms with van der Waals surface area (Å²) in [7, 11) is 0. The van der Waals surface area contributed by atoms with Crippen LogP contribution in [0, 0.1) is 0 Å². The van der Waals surface area contributed by atoms with Crippen molar-refractivity contribution in [3.8, 4) is 11.6 Å². The lowest BCUT2D eigenvalue weighted by Crippen LogP contribution is -2.35.